The van der Waals surface area contributed by atoms with Gasteiger partial charge in [0, 0.05) is 0 Å². The molecule has 0 heterocycles. The van der Waals surface area contributed by atoms with E-state index < -0.39 is 23.5 Å². The molecule has 5 nitrogen and oxygen atoms in total. The lowest BCUT2D eigenvalue weighted by Gasteiger charge is -2.06. The molecule has 0 spiro atoms. The number of phenols is 1. The Balaban J connectivity index is 2.63. The maximum Gasteiger partial charge on any atom is 0.335 e. The van der Waals surface area contributed by atoms with E-state index in [9.17, 15) is 19.1 Å². The second-order valence-corrected chi connectivity index (χ2v) is 4.08. The minimum atomic E-state index is -1.28. The van der Waals surface area contributed by atoms with Crippen LogP contribution in [0.5, 0.6) is 5.75 Å². The molecule has 0 amide bonds. The number of carbonyl (C=O) groups is 2. The molecule has 2 aromatic carbocycles. The second-order valence-electron chi connectivity index (χ2n) is 4.08. The third kappa shape index (κ3) is 2.59. The molecule has 0 saturated heterocycles. The number of carboxylic acids is 2. The first-order valence-corrected chi connectivity index (χ1v) is 5.49. The molecule has 0 fully saturated rings. The summed E-state index contributed by atoms with van der Waals surface area (Å²) in [7, 11) is 0. The van der Waals surface area contributed by atoms with Gasteiger partial charge in [0.25, 0.3) is 0 Å². The summed E-state index contributed by atoms with van der Waals surface area (Å²) in [5.41, 5.74) is 0.166. The Morgan fingerprint density at radius 2 is 1.40 bits per heavy atom. The SMILES string of the molecule is O=C(O)c1cc(C(=O)O)cc(-c2ccc(F)c(O)c2)c1. The van der Waals surface area contributed by atoms with Crippen LogP contribution in [0.25, 0.3) is 11.1 Å². The van der Waals surface area contributed by atoms with Crippen molar-refractivity contribution in [3.05, 3.63) is 53.3 Å². The standard InChI is InChI=1S/C14H9FO5/c15-11-2-1-7(6-12(11)16)8-3-9(13(17)18)5-10(4-8)14(19)20/h1-6,16H,(H,17,18)(H,19,20). The lowest BCUT2D eigenvalue weighted by Crippen LogP contribution is -2.03. The van der Waals surface area contributed by atoms with Gasteiger partial charge in [-0.15, -0.1) is 0 Å². The van der Waals surface area contributed by atoms with Crippen molar-refractivity contribution < 1.29 is 29.3 Å². The van der Waals surface area contributed by atoms with Crippen LogP contribution in [-0.4, -0.2) is 27.3 Å². The quantitative estimate of drug-likeness (QED) is 0.800. The first-order chi connectivity index (χ1) is 9.38. The lowest BCUT2D eigenvalue weighted by molar-refractivity contribution is 0.0696. The smallest absolute Gasteiger partial charge is 0.335 e. The highest BCUT2D eigenvalue weighted by Gasteiger charge is 2.13. The van der Waals surface area contributed by atoms with Gasteiger partial charge in [0.15, 0.2) is 11.6 Å². The number of hydrogen-bond acceptors (Lipinski definition) is 3. The van der Waals surface area contributed by atoms with Gasteiger partial charge in [-0.2, -0.15) is 0 Å². The predicted molar refractivity (Wildman–Crippen MR) is 67.4 cm³/mol. The van der Waals surface area contributed by atoms with Crippen molar-refractivity contribution in [3.8, 4) is 16.9 Å². The highest BCUT2D eigenvalue weighted by Crippen LogP contribution is 2.27. The molecule has 0 saturated carbocycles. The molecule has 20 heavy (non-hydrogen) atoms. The van der Waals surface area contributed by atoms with E-state index in [0.29, 0.717) is 5.56 Å². The summed E-state index contributed by atoms with van der Waals surface area (Å²) in [5, 5.41) is 27.2. The molecule has 2 rings (SSSR count). The predicted octanol–water partition coefficient (Wildman–Crippen LogP) is 2.59. The first-order valence-electron chi connectivity index (χ1n) is 5.49. The molecule has 0 unspecified atom stereocenters. The number of phenolic OH excluding ortho intramolecular Hbond substituents is 1. The third-order valence-electron chi connectivity index (χ3n) is 2.71. The van der Waals surface area contributed by atoms with Crippen molar-refractivity contribution >= 4 is 11.9 Å². The zero-order valence-corrected chi connectivity index (χ0v) is 10.0. The van der Waals surface area contributed by atoms with Gasteiger partial charge in [0.1, 0.15) is 0 Å². The van der Waals surface area contributed by atoms with E-state index in [1.54, 1.807) is 0 Å². The van der Waals surface area contributed by atoms with Gasteiger partial charge < -0.3 is 15.3 Å². The molecule has 0 aliphatic heterocycles. The Bertz CT molecular complexity index is 676. The van der Waals surface area contributed by atoms with Crippen LogP contribution in [0, 0.1) is 5.82 Å². The monoisotopic (exact) mass is 276 g/mol. The highest BCUT2D eigenvalue weighted by atomic mass is 19.1. The van der Waals surface area contributed by atoms with Crippen LogP contribution in [0.1, 0.15) is 20.7 Å². The van der Waals surface area contributed by atoms with Gasteiger partial charge in [-0.3, -0.25) is 0 Å². The van der Waals surface area contributed by atoms with E-state index in [0.717, 1.165) is 18.2 Å². The zero-order chi connectivity index (χ0) is 14.9. The summed E-state index contributed by atoms with van der Waals surface area (Å²) in [6.45, 7) is 0. The van der Waals surface area contributed by atoms with Gasteiger partial charge in [0.2, 0.25) is 0 Å². The van der Waals surface area contributed by atoms with Crippen molar-refractivity contribution in [2.75, 3.05) is 0 Å². The van der Waals surface area contributed by atoms with E-state index in [4.69, 9.17) is 10.2 Å². The number of aromatic carboxylic acids is 2. The van der Waals surface area contributed by atoms with Gasteiger partial charge in [0.05, 0.1) is 11.1 Å². The summed E-state index contributed by atoms with van der Waals surface area (Å²) in [5.74, 6) is -3.97. The molecule has 3 N–H and O–H groups in total. The molecule has 0 aromatic heterocycles. The summed E-state index contributed by atoms with van der Waals surface area (Å²) in [6.07, 6.45) is 0. The number of carboxylic acid groups (broad SMARTS) is 2. The maximum atomic E-state index is 13.0. The Labute approximate surface area is 112 Å². The second kappa shape index (κ2) is 5.00. The van der Waals surface area contributed by atoms with Crippen molar-refractivity contribution in [2.24, 2.45) is 0 Å². The van der Waals surface area contributed by atoms with Crippen molar-refractivity contribution in [1.29, 1.82) is 0 Å². The molecule has 102 valence electrons. The van der Waals surface area contributed by atoms with Crippen LogP contribution in [0.2, 0.25) is 0 Å². The Morgan fingerprint density at radius 3 is 1.85 bits per heavy atom. The number of halogens is 1. The number of benzene rings is 2. The lowest BCUT2D eigenvalue weighted by atomic mass is 9.99. The normalized spacial score (nSPS) is 10.2. The van der Waals surface area contributed by atoms with Gasteiger partial charge in [-0.05, 0) is 41.5 Å². The average molecular weight is 276 g/mol. The molecule has 6 heteroatoms. The molecular weight excluding hydrogens is 267 g/mol. The van der Waals surface area contributed by atoms with Crippen molar-refractivity contribution in [1.82, 2.24) is 0 Å². The number of hydrogen-bond donors (Lipinski definition) is 3. The largest absolute Gasteiger partial charge is 0.505 e. The van der Waals surface area contributed by atoms with E-state index in [2.05, 4.69) is 0 Å². The number of aromatic hydroxyl groups is 1. The summed E-state index contributed by atoms with van der Waals surface area (Å²) in [4.78, 5) is 22.0. The average Bonchev–Trinajstić information content (AvgIpc) is 2.41. The van der Waals surface area contributed by atoms with Crippen LogP contribution >= 0.6 is 0 Å². The third-order valence-corrected chi connectivity index (χ3v) is 2.71. The molecule has 0 bridgehead atoms. The van der Waals surface area contributed by atoms with Crippen LogP contribution in [-0.2, 0) is 0 Å². The number of rotatable bonds is 3. The van der Waals surface area contributed by atoms with Gasteiger partial charge in [-0.1, -0.05) is 6.07 Å². The van der Waals surface area contributed by atoms with Crippen LogP contribution in [0.3, 0.4) is 0 Å². The molecule has 2 aromatic rings. The van der Waals surface area contributed by atoms with Crippen LogP contribution in [0.15, 0.2) is 36.4 Å². The fraction of sp³-hybridized carbons (Fsp3) is 0. The van der Waals surface area contributed by atoms with Gasteiger partial charge in [-0.25, -0.2) is 14.0 Å². The molecule has 0 aliphatic carbocycles. The Kier molecular flexibility index (Phi) is 3.39. The van der Waals surface area contributed by atoms with Crippen LogP contribution < -0.4 is 0 Å². The van der Waals surface area contributed by atoms with Crippen LogP contribution in [0.4, 0.5) is 4.39 Å². The topological polar surface area (TPSA) is 94.8 Å². The Hall–Kier alpha value is -2.89. The molecule has 0 atom stereocenters. The fourth-order valence-electron chi connectivity index (χ4n) is 1.73. The van der Waals surface area contributed by atoms with E-state index >= 15 is 0 Å². The summed E-state index contributed by atoms with van der Waals surface area (Å²) in [6, 6.07) is 6.96. The first kappa shape index (κ1) is 13.5. The van der Waals surface area contributed by atoms with E-state index in [1.807, 2.05) is 0 Å². The minimum absolute atomic E-state index is 0.205. The Morgan fingerprint density at radius 1 is 0.850 bits per heavy atom. The molecular formula is C14H9FO5. The van der Waals surface area contributed by atoms with Gasteiger partial charge >= 0.3 is 11.9 Å². The minimum Gasteiger partial charge on any atom is -0.505 e. The molecule has 0 radical (unpaired) electrons. The maximum absolute atomic E-state index is 13.0. The fourth-order valence-corrected chi connectivity index (χ4v) is 1.73. The highest BCUT2D eigenvalue weighted by molar-refractivity contribution is 5.96. The summed E-state index contributed by atoms with van der Waals surface area (Å²) >= 11 is 0. The molecule has 0 aliphatic rings. The summed E-state index contributed by atoms with van der Waals surface area (Å²) < 4.78 is 13.0. The van der Waals surface area contributed by atoms with Crippen molar-refractivity contribution in [3.63, 3.8) is 0 Å². The van der Waals surface area contributed by atoms with E-state index in [1.165, 1.54) is 18.2 Å². The van der Waals surface area contributed by atoms with E-state index in [-0.39, 0.29) is 16.7 Å². The van der Waals surface area contributed by atoms with Crippen molar-refractivity contribution in [2.45, 2.75) is 0 Å². The zero-order valence-electron chi connectivity index (χ0n) is 10.0.